The molecule has 8 heteroatoms. The highest BCUT2D eigenvalue weighted by molar-refractivity contribution is 9.12. The largest absolute Gasteiger partial charge is 0.501 e. The number of imide groups is 1. The molecule has 1 heterocycles. The molecule has 1 N–H and O–H groups in total. The van der Waals surface area contributed by atoms with Crippen molar-refractivity contribution in [3.8, 4) is 10.8 Å². The van der Waals surface area contributed by atoms with E-state index in [0.29, 0.717) is 37.5 Å². The lowest BCUT2D eigenvalue weighted by Gasteiger charge is -2.18. The molecule has 0 aromatic rings. The molecule has 0 aromatic heterocycles. The molecule has 6 nitrogen and oxygen atoms in total. The fourth-order valence-electron chi connectivity index (χ4n) is 3.49. The Kier molecular flexibility index (Phi) is 15.8. The van der Waals surface area contributed by atoms with Gasteiger partial charge in [0.05, 0.1) is 13.2 Å². The van der Waals surface area contributed by atoms with Crippen molar-refractivity contribution in [3.63, 3.8) is 0 Å². The zero-order valence-electron chi connectivity index (χ0n) is 20.8. The number of hydrogen-bond donors (Lipinski definition) is 1. The third-order valence-electron chi connectivity index (χ3n) is 5.58. The Labute approximate surface area is 223 Å². The lowest BCUT2D eigenvalue weighted by Crippen LogP contribution is -2.37. The number of allylic oxidation sites excluding steroid dienone is 3. The molecule has 1 aliphatic heterocycles. The minimum atomic E-state index is -0.424. The molecule has 192 valence electrons. The van der Waals surface area contributed by atoms with E-state index in [9.17, 15) is 14.4 Å². The summed E-state index contributed by atoms with van der Waals surface area (Å²) >= 11 is 9.05. The van der Waals surface area contributed by atoms with Gasteiger partial charge in [-0.25, -0.2) is 0 Å². The van der Waals surface area contributed by atoms with Gasteiger partial charge < -0.3 is 10.1 Å². The molecule has 2 unspecified atom stereocenters. The topological polar surface area (TPSA) is 75.7 Å². The summed E-state index contributed by atoms with van der Waals surface area (Å²) in [5, 5.41) is 2.84. The maximum absolute atomic E-state index is 12.3. The van der Waals surface area contributed by atoms with Crippen LogP contribution in [-0.2, 0) is 19.1 Å². The van der Waals surface area contributed by atoms with Crippen molar-refractivity contribution < 1.29 is 19.1 Å². The lowest BCUT2D eigenvalue weighted by atomic mass is 9.98. The van der Waals surface area contributed by atoms with Crippen molar-refractivity contribution in [3.05, 3.63) is 47.2 Å². The maximum atomic E-state index is 12.3. The van der Waals surface area contributed by atoms with Gasteiger partial charge in [-0.15, -0.1) is 0 Å². The number of unbranched alkanes of at least 4 members (excludes halogenated alkanes) is 1. The van der Waals surface area contributed by atoms with Gasteiger partial charge in [0.25, 0.3) is 11.8 Å². The highest BCUT2D eigenvalue weighted by atomic mass is 79.9. The second-order valence-electron chi connectivity index (χ2n) is 8.44. The Morgan fingerprint density at radius 2 is 2.09 bits per heavy atom. The van der Waals surface area contributed by atoms with E-state index < -0.39 is 5.91 Å². The van der Waals surface area contributed by atoms with Crippen LogP contribution in [0.25, 0.3) is 0 Å². The summed E-state index contributed by atoms with van der Waals surface area (Å²) in [4.78, 5) is 40.1. The molecule has 3 amide bonds. The Hall–Kier alpha value is -2.30. The molecule has 2 atom stereocenters. The zero-order chi connectivity index (χ0) is 26.1. The summed E-state index contributed by atoms with van der Waals surface area (Å²) in [5.74, 6) is 2.99. The Morgan fingerprint density at radius 3 is 2.71 bits per heavy atom. The molecular weight excluding hydrogens is 532 g/mol. The van der Waals surface area contributed by atoms with Crippen LogP contribution in [0.3, 0.4) is 0 Å². The fraction of sp³-hybridized carbons (Fsp3) is 0.519. The van der Waals surface area contributed by atoms with Crippen molar-refractivity contribution in [2.75, 3.05) is 13.7 Å². The molecule has 35 heavy (non-hydrogen) atoms. The molecule has 1 aliphatic rings. The summed E-state index contributed by atoms with van der Waals surface area (Å²) in [6, 6.07) is -0.275. The van der Waals surface area contributed by atoms with Crippen LogP contribution in [0.15, 0.2) is 47.2 Å². The molecule has 0 bridgehead atoms. The molecule has 0 saturated heterocycles. The average Bonchev–Trinajstić information content (AvgIpc) is 3.18. The van der Waals surface area contributed by atoms with Crippen LogP contribution < -0.4 is 5.32 Å². The van der Waals surface area contributed by atoms with E-state index in [1.807, 2.05) is 6.08 Å². The first-order valence-corrected chi connectivity index (χ1v) is 13.1. The number of rotatable bonds is 15. The first kappa shape index (κ1) is 30.7. The molecule has 0 radical (unpaired) electrons. The van der Waals surface area contributed by atoms with E-state index in [-0.39, 0.29) is 17.9 Å². The molecule has 1 rings (SSSR count). The fourth-order valence-corrected chi connectivity index (χ4v) is 3.91. The SMILES string of the molecule is COC(=CC(=O)N1C(=O)C=CC1C)CCNC(=O)CCC=CC(C)CCC(=CCl)CCCC#CBr. The molecule has 0 aliphatic carbocycles. The van der Waals surface area contributed by atoms with Gasteiger partial charge in [-0.3, -0.25) is 19.3 Å². The van der Waals surface area contributed by atoms with E-state index >= 15 is 0 Å². The normalized spacial score (nSPS) is 16.9. The van der Waals surface area contributed by atoms with Crippen LogP contribution in [-0.4, -0.2) is 42.3 Å². The predicted molar refractivity (Wildman–Crippen MR) is 144 cm³/mol. The van der Waals surface area contributed by atoms with Crippen molar-refractivity contribution >= 4 is 45.3 Å². The maximum Gasteiger partial charge on any atom is 0.257 e. The zero-order valence-corrected chi connectivity index (χ0v) is 23.2. The van der Waals surface area contributed by atoms with Gasteiger partial charge in [-0.05, 0) is 49.8 Å². The van der Waals surface area contributed by atoms with Crippen LogP contribution in [0.5, 0.6) is 0 Å². The van der Waals surface area contributed by atoms with Crippen LogP contribution in [0.1, 0.15) is 65.2 Å². The van der Waals surface area contributed by atoms with Gasteiger partial charge in [0.1, 0.15) is 5.76 Å². The number of hydrogen-bond acceptors (Lipinski definition) is 4. The van der Waals surface area contributed by atoms with E-state index in [2.05, 4.69) is 45.0 Å². The molecule has 0 spiro atoms. The minimum Gasteiger partial charge on any atom is -0.501 e. The number of carbonyl (C=O) groups is 3. The minimum absolute atomic E-state index is 0.0597. The second kappa shape index (κ2) is 18.0. The Morgan fingerprint density at radius 1 is 1.31 bits per heavy atom. The van der Waals surface area contributed by atoms with Crippen LogP contribution in [0, 0.1) is 16.7 Å². The summed E-state index contributed by atoms with van der Waals surface area (Å²) in [7, 11) is 1.46. The van der Waals surface area contributed by atoms with E-state index in [4.69, 9.17) is 16.3 Å². The summed E-state index contributed by atoms with van der Waals surface area (Å²) in [6.45, 7) is 4.28. The smallest absolute Gasteiger partial charge is 0.257 e. The van der Waals surface area contributed by atoms with Gasteiger partial charge in [-0.1, -0.05) is 48.2 Å². The highest BCUT2D eigenvalue weighted by Gasteiger charge is 2.27. The first-order chi connectivity index (χ1) is 16.8. The summed E-state index contributed by atoms with van der Waals surface area (Å²) in [5.41, 5.74) is 2.93. The predicted octanol–water partition coefficient (Wildman–Crippen LogP) is 5.74. The van der Waals surface area contributed by atoms with Gasteiger partial charge in [-0.2, -0.15) is 0 Å². The summed E-state index contributed by atoms with van der Waals surface area (Å²) < 4.78 is 5.24. The number of methoxy groups -OCH3 is 1. The Bertz CT molecular complexity index is 899. The second-order valence-corrected chi connectivity index (χ2v) is 9.05. The molecule has 0 aromatic carbocycles. The molecule has 0 saturated carbocycles. The van der Waals surface area contributed by atoms with Gasteiger partial charge in [0.2, 0.25) is 5.91 Å². The lowest BCUT2D eigenvalue weighted by molar-refractivity contribution is -0.139. The average molecular weight is 568 g/mol. The molecule has 0 fully saturated rings. The Balaban J connectivity index is 2.27. The van der Waals surface area contributed by atoms with Crippen molar-refractivity contribution in [2.45, 2.75) is 71.3 Å². The van der Waals surface area contributed by atoms with Gasteiger partial charge in [0, 0.05) is 59.4 Å². The highest BCUT2D eigenvalue weighted by Crippen LogP contribution is 2.19. The third kappa shape index (κ3) is 12.8. The third-order valence-corrected chi connectivity index (χ3v) is 6.17. The number of carbonyl (C=O) groups excluding carboxylic acids is 3. The number of nitrogens with one attached hydrogen (secondary N) is 1. The number of amides is 3. The van der Waals surface area contributed by atoms with Crippen LogP contribution in [0.2, 0.25) is 0 Å². The van der Waals surface area contributed by atoms with Crippen LogP contribution in [0.4, 0.5) is 0 Å². The first-order valence-electron chi connectivity index (χ1n) is 11.9. The van der Waals surface area contributed by atoms with E-state index in [0.717, 1.165) is 32.1 Å². The number of ether oxygens (including phenoxy) is 1. The standard InChI is InChI=1S/C27H36BrClN2O4/c1-21(12-14-23(20-29)10-5-4-8-17-28)9-6-7-11-25(32)30-18-16-24(35-3)19-27(34)31-22(2)13-15-26(31)33/h6,9,13,15,19-22H,4-5,7,10-12,14,16,18H2,1-3H3,(H,30,32). The van der Waals surface area contributed by atoms with Crippen LogP contribution >= 0.6 is 27.5 Å². The quantitative estimate of drug-likeness (QED) is 0.0900. The van der Waals surface area contributed by atoms with Crippen molar-refractivity contribution in [1.29, 1.82) is 0 Å². The summed E-state index contributed by atoms with van der Waals surface area (Å²) in [6.07, 6.45) is 14.7. The van der Waals surface area contributed by atoms with Gasteiger partial charge >= 0.3 is 0 Å². The molecular formula is C27H36BrClN2O4. The van der Waals surface area contributed by atoms with E-state index in [1.54, 1.807) is 18.5 Å². The van der Waals surface area contributed by atoms with Crippen molar-refractivity contribution in [1.82, 2.24) is 10.2 Å². The number of halogens is 2. The van der Waals surface area contributed by atoms with E-state index in [1.165, 1.54) is 29.7 Å². The monoisotopic (exact) mass is 566 g/mol. The van der Waals surface area contributed by atoms with Gasteiger partial charge in [0.15, 0.2) is 0 Å². The van der Waals surface area contributed by atoms with Crippen molar-refractivity contribution in [2.24, 2.45) is 5.92 Å². The number of nitrogens with zero attached hydrogens (tertiary/aromatic N) is 1.